The van der Waals surface area contributed by atoms with Gasteiger partial charge in [0.15, 0.2) is 0 Å². The van der Waals surface area contributed by atoms with Gasteiger partial charge in [-0.2, -0.15) is 0 Å². The molecule has 126 valence electrons. The van der Waals surface area contributed by atoms with E-state index in [0.717, 1.165) is 32.6 Å². The molecule has 0 aliphatic carbocycles. The summed E-state index contributed by atoms with van der Waals surface area (Å²) < 4.78 is 0. The minimum absolute atomic E-state index is 0.0269. The molecule has 1 aliphatic rings. The van der Waals surface area contributed by atoms with E-state index >= 15 is 0 Å². The van der Waals surface area contributed by atoms with E-state index in [1.807, 2.05) is 29.4 Å². The Morgan fingerprint density at radius 1 is 1.08 bits per heavy atom. The van der Waals surface area contributed by atoms with Crippen molar-refractivity contribution < 1.29 is 4.79 Å². The first-order valence-electron chi connectivity index (χ1n) is 8.34. The highest BCUT2D eigenvalue weighted by molar-refractivity contribution is 6.33. The molecule has 1 aliphatic heterocycles. The predicted octanol–water partition coefficient (Wildman–Crippen LogP) is 3.64. The monoisotopic (exact) mass is 343 g/mol. The average Bonchev–Trinajstić information content (AvgIpc) is 2.88. The molecule has 5 heteroatoms. The maximum absolute atomic E-state index is 12.7. The smallest absolute Gasteiger partial charge is 0.255 e. The van der Waals surface area contributed by atoms with Gasteiger partial charge >= 0.3 is 0 Å². The molecule has 0 unspecified atom stereocenters. The molecular weight excluding hydrogens is 322 g/mol. The third kappa shape index (κ3) is 3.77. The van der Waals surface area contributed by atoms with E-state index in [0.29, 0.717) is 16.6 Å². The van der Waals surface area contributed by atoms with Crippen LogP contribution in [0.5, 0.6) is 0 Å². The fraction of sp³-hybridized carbons (Fsp3) is 0.368. The van der Waals surface area contributed by atoms with Gasteiger partial charge in [0.2, 0.25) is 0 Å². The van der Waals surface area contributed by atoms with Crippen molar-refractivity contribution in [2.45, 2.75) is 19.4 Å². The highest BCUT2D eigenvalue weighted by Crippen LogP contribution is 2.22. The molecule has 1 amide bonds. The summed E-state index contributed by atoms with van der Waals surface area (Å²) in [5.74, 6) is 0.0269. The first-order valence-corrected chi connectivity index (χ1v) is 8.72. The van der Waals surface area contributed by atoms with Crippen LogP contribution in [0.15, 0.2) is 48.8 Å². The van der Waals surface area contributed by atoms with Gasteiger partial charge in [0.1, 0.15) is 0 Å². The summed E-state index contributed by atoms with van der Waals surface area (Å²) >= 11 is 6.17. The van der Waals surface area contributed by atoms with Gasteiger partial charge in [0, 0.05) is 44.6 Å². The van der Waals surface area contributed by atoms with Crippen LogP contribution in [-0.2, 0) is 0 Å². The molecule has 0 bridgehead atoms. The summed E-state index contributed by atoms with van der Waals surface area (Å²) in [5.41, 5.74) is 1.85. The van der Waals surface area contributed by atoms with Crippen molar-refractivity contribution in [3.05, 3.63) is 64.9 Å². The van der Waals surface area contributed by atoms with E-state index in [1.54, 1.807) is 12.1 Å². The summed E-state index contributed by atoms with van der Waals surface area (Å²) in [6.45, 7) is 5.54. The zero-order valence-electron chi connectivity index (χ0n) is 13.9. The molecule has 4 nitrogen and oxygen atoms in total. The minimum Gasteiger partial charge on any atom is -0.337 e. The van der Waals surface area contributed by atoms with Crippen LogP contribution >= 0.6 is 11.6 Å². The molecule has 0 saturated carbocycles. The molecule has 0 spiro atoms. The first kappa shape index (κ1) is 16.9. The number of hydrogen-bond acceptors (Lipinski definition) is 3. The molecule has 0 radical (unpaired) electrons. The van der Waals surface area contributed by atoms with Gasteiger partial charge in [0.25, 0.3) is 5.91 Å². The van der Waals surface area contributed by atoms with Crippen molar-refractivity contribution in [2.75, 3.05) is 26.2 Å². The van der Waals surface area contributed by atoms with Crippen molar-refractivity contribution in [1.29, 1.82) is 0 Å². The van der Waals surface area contributed by atoms with Gasteiger partial charge in [-0.05, 0) is 43.2 Å². The van der Waals surface area contributed by atoms with Crippen LogP contribution in [0.25, 0.3) is 0 Å². The Labute approximate surface area is 148 Å². The summed E-state index contributed by atoms with van der Waals surface area (Å²) in [5, 5.41) is 0.522. The maximum atomic E-state index is 12.7. The number of carbonyl (C=O) groups is 1. The van der Waals surface area contributed by atoms with E-state index in [-0.39, 0.29) is 5.91 Å². The number of aromatic nitrogens is 1. The van der Waals surface area contributed by atoms with Gasteiger partial charge in [-0.3, -0.25) is 14.7 Å². The molecule has 1 atom stereocenters. The highest BCUT2D eigenvalue weighted by Gasteiger charge is 2.24. The lowest BCUT2D eigenvalue weighted by molar-refractivity contribution is 0.0759. The van der Waals surface area contributed by atoms with E-state index in [4.69, 9.17) is 11.6 Å². The largest absolute Gasteiger partial charge is 0.337 e. The summed E-state index contributed by atoms with van der Waals surface area (Å²) in [4.78, 5) is 21.2. The summed E-state index contributed by atoms with van der Waals surface area (Å²) in [6.07, 6.45) is 4.62. The lowest BCUT2D eigenvalue weighted by Crippen LogP contribution is -2.36. The zero-order chi connectivity index (χ0) is 16.9. The molecule has 0 N–H and O–H groups in total. The van der Waals surface area contributed by atoms with Crippen LogP contribution < -0.4 is 0 Å². The van der Waals surface area contributed by atoms with Gasteiger partial charge in [0.05, 0.1) is 10.6 Å². The Hall–Kier alpha value is -1.91. The average molecular weight is 344 g/mol. The molecule has 1 fully saturated rings. The first-order chi connectivity index (χ1) is 11.7. The number of nitrogens with zero attached hydrogens (tertiary/aromatic N) is 3. The molecule has 2 heterocycles. The van der Waals surface area contributed by atoms with E-state index in [2.05, 4.69) is 28.9 Å². The Morgan fingerprint density at radius 2 is 1.83 bits per heavy atom. The second-order valence-corrected chi connectivity index (χ2v) is 6.53. The van der Waals surface area contributed by atoms with Crippen LogP contribution in [0, 0.1) is 0 Å². The Kier molecular flexibility index (Phi) is 5.48. The number of amides is 1. The third-order valence-electron chi connectivity index (χ3n) is 4.66. The van der Waals surface area contributed by atoms with Crippen LogP contribution in [0.1, 0.15) is 35.3 Å². The van der Waals surface area contributed by atoms with Crippen LogP contribution in [-0.4, -0.2) is 46.9 Å². The van der Waals surface area contributed by atoms with Crippen molar-refractivity contribution in [3.63, 3.8) is 0 Å². The molecular formula is C19H22ClN3O. The van der Waals surface area contributed by atoms with Crippen LogP contribution in [0.3, 0.4) is 0 Å². The van der Waals surface area contributed by atoms with E-state index in [9.17, 15) is 4.79 Å². The van der Waals surface area contributed by atoms with Crippen molar-refractivity contribution in [1.82, 2.24) is 14.8 Å². The molecule has 1 aromatic heterocycles. The van der Waals surface area contributed by atoms with Gasteiger partial charge in [-0.15, -0.1) is 0 Å². The normalized spacial score (nSPS) is 17.3. The molecule has 3 rings (SSSR count). The molecule has 1 aromatic carbocycles. The van der Waals surface area contributed by atoms with Crippen LogP contribution in [0.4, 0.5) is 0 Å². The number of halogens is 1. The highest BCUT2D eigenvalue weighted by atomic mass is 35.5. The van der Waals surface area contributed by atoms with Gasteiger partial charge in [-0.25, -0.2) is 0 Å². The number of hydrogen-bond donors (Lipinski definition) is 0. The van der Waals surface area contributed by atoms with E-state index in [1.165, 1.54) is 5.56 Å². The second-order valence-electron chi connectivity index (χ2n) is 6.12. The number of pyridine rings is 1. The Morgan fingerprint density at radius 3 is 2.58 bits per heavy atom. The number of carbonyl (C=O) groups excluding carboxylic acids is 1. The topological polar surface area (TPSA) is 36.4 Å². The number of rotatable bonds is 3. The Bertz CT molecular complexity index is 692. The number of benzene rings is 1. The lowest BCUT2D eigenvalue weighted by Gasteiger charge is -2.28. The minimum atomic E-state index is 0.0269. The fourth-order valence-corrected chi connectivity index (χ4v) is 3.40. The molecule has 2 aromatic rings. The van der Waals surface area contributed by atoms with Crippen LogP contribution in [0.2, 0.25) is 5.02 Å². The lowest BCUT2D eigenvalue weighted by atomic mass is 10.1. The molecule has 24 heavy (non-hydrogen) atoms. The fourth-order valence-electron chi connectivity index (χ4n) is 3.19. The zero-order valence-corrected chi connectivity index (χ0v) is 14.6. The molecule has 1 saturated heterocycles. The summed E-state index contributed by atoms with van der Waals surface area (Å²) in [7, 11) is 0. The SMILES string of the molecule is C[C@@H](c1ccncc1)N1CCCN(C(=O)c2ccccc2Cl)CC1. The summed E-state index contributed by atoms with van der Waals surface area (Å²) in [6, 6.07) is 11.7. The quantitative estimate of drug-likeness (QED) is 0.853. The van der Waals surface area contributed by atoms with Crippen molar-refractivity contribution >= 4 is 17.5 Å². The van der Waals surface area contributed by atoms with Gasteiger partial charge < -0.3 is 4.90 Å². The standard InChI is InChI=1S/C19H22ClN3O/c1-15(16-7-9-21-10-8-16)22-11-4-12-23(14-13-22)19(24)17-5-2-3-6-18(17)20/h2-3,5-10,15H,4,11-14H2,1H3/t15-/m0/s1. The maximum Gasteiger partial charge on any atom is 0.255 e. The van der Waals surface area contributed by atoms with Crippen molar-refractivity contribution in [3.8, 4) is 0 Å². The Balaban J connectivity index is 1.67. The second kappa shape index (κ2) is 7.77. The van der Waals surface area contributed by atoms with Gasteiger partial charge in [-0.1, -0.05) is 23.7 Å². The third-order valence-corrected chi connectivity index (χ3v) is 4.99. The van der Waals surface area contributed by atoms with Crippen molar-refractivity contribution in [2.24, 2.45) is 0 Å². The predicted molar refractivity (Wildman–Crippen MR) is 96.2 cm³/mol. The van der Waals surface area contributed by atoms with E-state index < -0.39 is 0 Å².